The number of carbonyl (C=O) groups is 4. The molecule has 0 fully saturated rings. The van der Waals surface area contributed by atoms with Gasteiger partial charge in [-0.3, -0.25) is 24.1 Å². The molecule has 22 heavy (non-hydrogen) atoms. The Morgan fingerprint density at radius 2 is 1.95 bits per heavy atom. The minimum absolute atomic E-state index is 0.0872. The normalized spacial score (nSPS) is 14.5. The van der Waals surface area contributed by atoms with Crippen LogP contribution in [-0.2, 0) is 4.79 Å². The Balaban J connectivity index is 2.29. The van der Waals surface area contributed by atoms with Crippen LogP contribution in [0.3, 0.4) is 0 Å². The Hall–Kier alpha value is -2.96. The van der Waals surface area contributed by atoms with E-state index in [9.17, 15) is 19.2 Å². The molecule has 1 atom stereocenters. The summed E-state index contributed by atoms with van der Waals surface area (Å²) >= 11 is 0. The van der Waals surface area contributed by atoms with E-state index in [1.165, 1.54) is 31.2 Å². The SMILES string of the molecule is C=CCN1C(=O)c2ccc(C(=O)N[C@@H](C)C(=O)O)cc2C1=O. The molecule has 7 nitrogen and oxygen atoms in total. The monoisotopic (exact) mass is 302 g/mol. The van der Waals surface area contributed by atoms with Crippen molar-refractivity contribution in [1.82, 2.24) is 10.2 Å². The van der Waals surface area contributed by atoms with Gasteiger partial charge in [-0.2, -0.15) is 0 Å². The third kappa shape index (κ3) is 2.60. The molecular weight excluding hydrogens is 288 g/mol. The van der Waals surface area contributed by atoms with Gasteiger partial charge in [0, 0.05) is 12.1 Å². The number of hydrogen-bond donors (Lipinski definition) is 2. The zero-order chi connectivity index (χ0) is 16.4. The number of benzene rings is 1. The van der Waals surface area contributed by atoms with Gasteiger partial charge in [-0.15, -0.1) is 6.58 Å². The summed E-state index contributed by atoms with van der Waals surface area (Å²) in [5, 5.41) is 11.1. The quantitative estimate of drug-likeness (QED) is 0.614. The Morgan fingerprint density at radius 1 is 1.32 bits per heavy atom. The lowest BCUT2D eigenvalue weighted by Gasteiger charge is -2.10. The predicted molar refractivity (Wildman–Crippen MR) is 76.6 cm³/mol. The number of nitrogens with zero attached hydrogens (tertiary/aromatic N) is 1. The van der Waals surface area contributed by atoms with Crippen LogP contribution < -0.4 is 5.32 Å². The summed E-state index contributed by atoms with van der Waals surface area (Å²) in [5.41, 5.74) is 0.464. The third-order valence-electron chi connectivity index (χ3n) is 3.26. The van der Waals surface area contributed by atoms with Crippen LogP contribution in [0.1, 0.15) is 38.0 Å². The van der Waals surface area contributed by atoms with Gasteiger partial charge in [0.15, 0.2) is 0 Å². The van der Waals surface area contributed by atoms with Crippen LogP contribution in [0.15, 0.2) is 30.9 Å². The zero-order valence-electron chi connectivity index (χ0n) is 11.8. The van der Waals surface area contributed by atoms with Crippen LogP contribution in [0.25, 0.3) is 0 Å². The van der Waals surface area contributed by atoms with E-state index in [1.807, 2.05) is 0 Å². The number of carbonyl (C=O) groups excluding carboxylic acids is 3. The second-order valence-corrected chi connectivity index (χ2v) is 4.80. The predicted octanol–water partition coefficient (Wildman–Crippen LogP) is 0.671. The van der Waals surface area contributed by atoms with Crippen LogP contribution in [0, 0.1) is 0 Å². The second kappa shape index (κ2) is 5.80. The number of rotatable bonds is 5. The molecule has 0 radical (unpaired) electrons. The molecule has 114 valence electrons. The first-order chi connectivity index (χ1) is 10.4. The van der Waals surface area contributed by atoms with E-state index in [0.29, 0.717) is 0 Å². The minimum Gasteiger partial charge on any atom is -0.480 e. The van der Waals surface area contributed by atoms with Gasteiger partial charge in [0.2, 0.25) is 0 Å². The maximum Gasteiger partial charge on any atom is 0.325 e. The number of hydrogen-bond acceptors (Lipinski definition) is 4. The summed E-state index contributed by atoms with van der Waals surface area (Å²) in [5.74, 6) is -2.73. The van der Waals surface area contributed by atoms with Crippen LogP contribution in [0.5, 0.6) is 0 Å². The molecule has 1 heterocycles. The lowest BCUT2D eigenvalue weighted by Crippen LogP contribution is -2.38. The van der Waals surface area contributed by atoms with E-state index < -0.39 is 29.7 Å². The van der Waals surface area contributed by atoms with Crippen LogP contribution in [0.4, 0.5) is 0 Å². The van der Waals surface area contributed by atoms with Crippen molar-refractivity contribution in [2.24, 2.45) is 0 Å². The maximum absolute atomic E-state index is 12.1. The highest BCUT2D eigenvalue weighted by Gasteiger charge is 2.35. The molecule has 2 rings (SSSR count). The van der Waals surface area contributed by atoms with E-state index in [-0.39, 0.29) is 23.2 Å². The molecule has 7 heteroatoms. The maximum atomic E-state index is 12.1. The van der Waals surface area contributed by atoms with Crippen molar-refractivity contribution in [3.63, 3.8) is 0 Å². The van der Waals surface area contributed by atoms with Crippen LogP contribution in [-0.4, -0.2) is 46.3 Å². The van der Waals surface area contributed by atoms with Crippen molar-refractivity contribution in [1.29, 1.82) is 0 Å². The van der Waals surface area contributed by atoms with Crippen molar-refractivity contribution in [2.75, 3.05) is 6.54 Å². The van der Waals surface area contributed by atoms with Gasteiger partial charge in [0.1, 0.15) is 6.04 Å². The second-order valence-electron chi connectivity index (χ2n) is 4.80. The average molecular weight is 302 g/mol. The van der Waals surface area contributed by atoms with Crippen molar-refractivity contribution in [3.05, 3.63) is 47.5 Å². The lowest BCUT2D eigenvalue weighted by molar-refractivity contribution is -0.138. The summed E-state index contributed by atoms with van der Waals surface area (Å²) in [6, 6.07) is 3.00. The molecule has 1 aliphatic heterocycles. The fourth-order valence-corrected chi connectivity index (χ4v) is 2.07. The van der Waals surface area contributed by atoms with Gasteiger partial charge in [-0.1, -0.05) is 6.08 Å². The molecule has 1 aromatic rings. The van der Waals surface area contributed by atoms with Crippen molar-refractivity contribution < 1.29 is 24.3 Å². The number of carboxylic acid groups (broad SMARTS) is 1. The van der Waals surface area contributed by atoms with E-state index in [2.05, 4.69) is 11.9 Å². The first-order valence-electron chi connectivity index (χ1n) is 6.51. The fourth-order valence-electron chi connectivity index (χ4n) is 2.07. The van der Waals surface area contributed by atoms with E-state index >= 15 is 0 Å². The van der Waals surface area contributed by atoms with Gasteiger partial charge < -0.3 is 10.4 Å². The van der Waals surface area contributed by atoms with Gasteiger partial charge in [0.05, 0.1) is 11.1 Å². The van der Waals surface area contributed by atoms with Crippen molar-refractivity contribution >= 4 is 23.7 Å². The smallest absolute Gasteiger partial charge is 0.325 e. The molecule has 3 amide bonds. The Morgan fingerprint density at radius 3 is 2.55 bits per heavy atom. The van der Waals surface area contributed by atoms with Crippen molar-refractivity contribution in [3.8, 4) is 0 Å². The summed E-state index contributed by atoms with van der Waals surface area (Å²) in [4.78, 5) is 47.9. The summed E-state index contributed by atoms with van der Waals surface area (Å²) in [6.07, 6.45) is 1.43. The molecule has 0 saturated heterocycles. The summed E-state index contributed by atoms with van der Waals surface area (Å²) < 4.78 is 0. The zero-order valence-corrected chi connectivity index (χ0v) is 11.8. The molecule has 0 bridgehead atoms. The summed E-state index contributed by atoms with van der Waals surface area (Å²) in [6.45, 7) is 4.90. The molecule has 0 unspecified atom stereocenters. The van der Waals surface area contributed by atoms with E-state index in [4.69, 9.17) is 5.11 Å². The number of amides is 3. The number of aliphatic carboxylic acids is 1. The van der Waals surface area contributed by atoms with Gasteiger partial charge in [0.25, 0.3) is 17.7 Å². The van der Waals surface area contributed by atoms with E-state index in [0.717, 1.165) is 4.90 Å². The third-order valence-corrected chi connectivity index (χ3v) is 3.26. The lowest BCUT2D eigenvalue weighted by atomic mass is 10.1. The molecule has 1 aliphatic rings. The van der Waals surface area contributed by atoms with Crippen molar-refractivity contribution in [2.45, 2.75) is 13.0 Å². The topological polar surface area (TPSA) is 104 Å². The number of imide groups is 1. The van der Waals surface area contributed by atoms with Gasteiger partial charge in [-0.25, -0.2) is 0 Å². The average Bonchev–Trinajstić information content (AvgIpc) is 2.72. The Bertz CT molecular complexity index is 695. The molecule has 1 aromatic carbocycles. The highest BCUT2D eigenvalue weighted by Crippen LogP contribution is 2.23. The highest BCUT2D eigenvalue weighted by molar-refractivity contribution is 6.22. The molecule has 0 saturated carbocycles. The van der Waals surface area contributed by atoms with Crippen LogP contribution in [0.2, 0.25) is 0 Å². The van der Waals surface area contributed by atoms with Gasteiger partial charge in [-0.05, 0) is 25.1 Å². The first-order valence-corrected chi connectivity index (χ1v) is 6.51. The molecule has 0 spiro atoms. The fraction of sp³-hybridized carbons (Fsp3) is 0.200. The highest BCUT2D eigenvalue weighted by atomic mass is 16.4. The van der Waals surface area contributed by atoms with Gasteiger partial charge >= 0.3 is 5.97 Å². The molecular formula is C15H14N2O5. The Kier molecular flexibility index (Phi) is 4.07. The van der Waals surface area contributed by atoms with Crippen LogP contribution >= 0.6 is 0 Å². The standard InChI is InChI=1S/C15H14N2O5/c1-3-6-17-13(19)10-5-4-9(7-11(10)14(17)20)12(18)16-8(2)15(21)22/h3-5,7-8H,1,6H2,2H3,(H,16,18)(H,21,22)/t8-/m0/s1. The molecule has 0 aliphatic carbocycles. The minimum atomic E-state index is -1.17. The molecule has 2 N–H and O–H groups in total. The number of carboxylic acids is 1. The van der Waals surface area contributed by atoms with E-state index in [1.54, 1.807) is 0 Å². The molecule has 0 aromatic heterocycles. The Labute approximate surface area is 126 Å². The number of fused-ring (bicyclic) bond motifs is 1. The largest absolute Gasteiger partial charge is 0.480 e. The first kappa shape index (κ1) is 15.4. The summed E-state index contributed by atoms with van der Waals surface area (Å²) in [7, 11) is 0. The number of nitrogens with one attached hydrogen (secondary N) is 1.